The summed E-state index contributed by atoms with van der Waals surface area (Å²) in [6.45, 7) is 12.9. The number of hydrogen-bond acceptors (Lipinski definition) is 4. The fourth-order valence-electron chi connectivity index (χ4n) is 3.62. The van der Waals surface area contributed by atoms with Crippen molar-refractivity contribution in [3.63, 3.8) is 0 Å². The average Bonchev–Trinajstić information content (AvgIpc) is 2.51. The monoisotopic (exact) mass is 285 g/mol. The molecule has 1 rings (SSSR count). The minimum absolute atomic E-state index is 0.181. The van der Waals surface area contributed by atoms with Crippen molar-refractivity contribution in [2.75, 3.05) is 46.4 Å². The van der Waals surface area contributed by atoms with Crippen molar-refractivity contribution in [1.29, 1.82) is 0 Å². The van der Waals surface area contributed by atoms with Gasteiger partial charge in [0.1, 0.15) is 0 Å². The Morgan fingerprint density at radius 1 is 1.20 bits per heavy atom. The number of methoxy groups -OCH3 is 1. The first-order valence-corrected chi connectivity index (χ1v) is 8.35. The van der Waals surface area contributed by atoms with Gasteiger partial charge < -0.3 is 15.4 Å². The molecule has 20 heavy (non-hydrogen) atoms. The fourth-order valence-corrected chi connectivity index (χ4v) is 3.62. The largest absolute Gasteiger partial charge is 0.383 e. The van der Waals surface area contributed by atoms with Crippen molar-refractivity contribution >= 4 is 0 Å². The molecule has 0 aliphatic carbocycles. The highest BCUT2D eigenvalue weighted by Gasteiger charge is 2.40. The number of nitrogens with zero attached hydrogens (tertiary/aromatic N) is 2. The van der Waals surface area contributed by atoms with Crippen LogP contribution in [-0.2, 0) is 4.74 Å². The van der Waals surface area contributed by atoms with Gasteiger partial charge in [-0.1, -0.05) is 20.8 Å². The SMILES string of the molecule is CCC(CC)N(CCOC)C1(CN)CCN(CC)CC1. The van der Waals surface area contributed by atoms with E-state index >= 15 is 0 Å². The first-order valence-electron chi connectivity index (χ1n) is 8.35. The van der Waals surface area contributed by atoms with Crippen molar-refractivity contribution in [3.8, 4) is 0 Å². The van der Waals surface area contributed by atoms with E-state index in [4.69, 9.17) is 10.5 Å². The van der Waals surface area contributed by atoms with Crippen LogP contribution >= 0.6 is 0 Å². The second kappa shape index (κ2) is 8.98. The van der Waals surface area contributed by atoms with Gasteiger partial charge in [-0.3, -0.25) is 4.90 Å². The first-order chi connectivity index (χ1) is 9.67. The zero-order valence-electron chi connectivity index (χ0n) is 14.0. The van der Waals surface area contributed by atoms with Crippen LogP contribution in [0.25, 0.3) is 0 Å². The van der Waals surface area contributed by atoms with Crippen LogP contribution in [0, 0.1) is 0 Å². The quantitative estimate of drug-likeness (QED) is 0.703. The molecule has 1 aliphatic rings. The van der Waals surface area contributed by atoms with Gasteiger partial charge in [-0.25, -0.2) is 0 Å². The second-order valence-corrected chi connectivity index (χ2v) is 6.02. The van der Waals surface area contributed by atoms with Crippen molar-refractivity contribution in [2.45, 2.75) is 58.0 Å². The molecule has 0 aromatic carbocycles. The average molecular weight is 285 g/mol. The molecule has 0 unspecified atom stereocenters. The van der Waals surface area contributed by atoms with Gasteiger partial charge in [-0.15, -0.1) is 0 Å². The molecular weight excluding hydrogens is 250 g/mol. The zero-order chi connectivity index (χ0) is 15.0. The highest BCUT2D eigenvalue weighted by Crippen LogP contribution is 2.31. The Labute approximate surface area is 125 Å². The number of hydrogen-bond donors (Lipinski definition) is 1. The summed E-state index contributed by atoms with van der Waals surface area (Å²) in [7, 11) is 1.79. The van der Waals surface area contributed by atoms with Gasteiger partial charge in [-0.2, -0.15) is 0 Å². The Morgan fingerprint density at radius 2 is 1.80 bits per heavy atom. The summed E-state index contributed by atoms with van der Waals surface area (Å²) < 4.78 is 5.34. The third kappa shape index (κ3) is 4.17. The lowest BCUT2D eigenvalue weighted by atomic mass is 9.83. The lowest BCUT2D eigenvalue weighted by Crippen LogP contribution is -2.62. The Morgan fingerprint density at radius 3 is 2.20 bits per heavy atom. The van der Waals surface area contributed by atoms with Crippen LogP contribution in [0.4, 0.5) is 0 Å². The molecule has 0 bridgehead atoms. The maximum atomic E-state index is 6.24. The molecule has 0 atom stereocenters. The Balaban J connectivity index is 2.83. The number of likely N-dealkylation sites (tertiary alicyclic amines) is 1. The van der Waals surface area contributed by atoms with Gasteiger partial charge in [-0.05, 0) is 45.3 Å². The molecule has 0 spiro atoms. The lowest BCUT2D eigenvalue weighted by Gasteiger charge is -2.51. The highest BCUT2D eigenvalue weighted by molar-refractivity contribution is 4.98. The van der Waals surface area contributed by atoms with Crippen molar-refractivity contribution in [2.24, 2.45) is 5.73 Å². The summed E-state index contributed by atoms with van der Waals surface area (Å²) in [5.41, 5.74) is 6.43. The van der Waals surface area contributed by atoms with Crippen LogP contribution < -0.4 is 5.73 Å². The fraction of sp³-hybridized carbons (Fsp3) is 1.00. The molecule has 0 saturated carbocycles. The van der Waals surface area contributed by atoms with E-state index in [0.29, 0.717) is 6.04 Å². The number of rotatable bonds is 9. The summed E-state index contributed by atoms with van der Waals surface area (Å²) >= 11 is 0. The van der Waals surface area contributed by atoms with E-state index in [9.17, 15) is 0 Å². The number of piperidine rings is 1. The third-order valence-corrected chi connectivity index (χ3v) is 5.14. The maximum absolute atomic E-state index is 6.24. The first kappa shape index (κ1) is 17.9. The molecule has 1 heterocycles. The third-order valence-electron chi connectivity index (χ3n) is 5.14. The van der Waals surface area contributed by atoms with Gasteiger partial charge in [0.15, 0.2) is 0 Å². The summed E-state index contributed by atoms with van der Waals surface area (Å²) in [5.74, 6) is 0. The molecule has 1 saturated heterocycles. The minimum Gasteiger partial charge on any atom is -0.383 e. The van der Waals surface area contributed by atoms with Crippen LogP contribution in [0.3, 0.4) is 0 Å². The van der Waals surface area contributed by atoms with Gasteiger partial charge in [0.05, 0.1) is 6.61 Å². The zero-order valence-corrected chi connectivity index (χ0v) is 14.0. The Hall–Kier alpha value is -0.160. The van der Waals surface area contributed by atoms with E-state index in [2.05, 4.69) is 30.6 Å². The molecular formula is C16H35N3O. The van der Waals surface area contributed by atoms with Gasteiger partial charge in [0, 0.05) is 31.8 Å². The van der Waals surface area contributed by atoms with Gasteiger partial charge >= 0.3 is 0 Å². The second-order valence-electron chi connectivity index (χ2n) is 6.02. The van der Waals surface area contributed by atoms with E-state index in [1.165, 1.54) is 38.8 Å². The summed E-state index contributed by atoms with van der Waals surface area (Å²) in [6, 6.07) is 0.627. The number of nitrogens with two attached hydrogens (primary N) is 1. The maximum Gasteiger partial charge on any atom is 0.0590 e. The van der Waals surface area contributed by atoms with E-state index in [-0.39, 0.29) is 5.54 Å². The van der Waals surface area contributed by atoms with E-state index in [0.717, 1.165) is 26.2 Å². The standard InChI is InChI=1S/C16H35N3O/c1-5-15(6-2)19(12-13-20-4)16(14-17)8-10-18(7-3)11-9-16/h15H,5-14,17H2,1-4H3. The van der Waals surface area contributed by atoms with Crippen LogP contribution in [0.2, 0.25) is 0 Å². The molecule has 120 valence electrons. The van der Waals surface area contributed by atoms with Crippen LogP contribution in [0.5, 0.6) is 0 Å². The molecule has 4 nitrogen and oxygen atoms in total. The van der Waals surface area contributed by atoms with Crippen molar-refractivity contribution in [1.82, 2.24) is 9.80 Å². The van der Waals surface area contributed by atoms with Crippen LogP contribution in [-0.4, -0.2) is 67.8 Å². The summed E-state index contributed by atoms with van der Waals surface area (Å²) in [4.78, 5) is 5.21. The molecule has 0 radical (unpaired) electrons. The highest BCUT2D eigenvalue weighted by atomic mass is 16.5. The van der Waals surface area contributed by atoms with Crippen molar-refractivity contribution < 1.29 is 4.74 Å². The lowest BCUT2D eigenvalue weighted by molar-refractivity contribution is -0.0189. The van der Waals surface area contributed by atoms with Crippen LogP contribution in [0.15, 0.2) is 0 Å². The van der Waals surface area contributed by atoms with E-state index in [1.54, 1.807) is 7.11 Å². The van der Waals surface area contributed by atoms with Crippen LogP contribution in [0.1, 0.15) is 46.5 Å². The molecule has 0 amide bonds. The normalized spacial score (nSPS) is 19.9. The number of ether oxygens (including phenoxy) is 1. The van der Waals surface area contributed by atoms with E-state index in [1.807, 2.05) is 0 Å². The smallest absolute Gasteiger partial charge is 0.0590 e. The predicted octanol–water partition coefficient (Wildman–Crippen LogP) is 1.94. The van der Waals surface area contributed by atoms with Gasteiger partial charge in [0.25, 0.3) is 0 Å². The molecule has 0 aromatic heterocycles. The Kier molecular flexibility index (Phi) is 8.03. The molecule has 1 aliphatic heterocycles. The molecule has 2 N–H and O–H groups in total. The van der Waals surface area contributed by atoms with Gasteiger partial charge in [0.2, 0.25) is 0 Å². The molecule has 0 aromatic rings. The summed E-state index contributed by atoms with van der Waals surface area (Å²) in [5, 5.41) is 0. The molecule has 1 fully saturated rings. The minimum atomic E-state index is 0.181. The summed E-state index contributed by atoms with van der Waals surface area (Å²) in [6.07, 6.45) is 4.77. The topological polar surface area (TPSA) is 41.7 Å². The Bertz CT molecular complexity index is 248. The predicted molar refractivity (Wildman–Crippen MR) is 86.1 cm³/mol. The van der Waals surface area contributed by atoms with Crippen molar-refractivity contribution in [3.05, 3.63) is 0 Å². The molecule has 4 heteroatoms. The van der Waals surface area contributed by atoms with E-state index < -0.39 is 0 Å².